The maximum atomic E-state index is 11.7. The van der Waals surface area contributed by atoms with Crippen molar-refractivity contribution in [2.24, 2.45) is 46.3 Å². The van der Waals surface area contributed by atoms with E-state index in [-0.39, 0.29) is 11.3 Å². The average Bonchev–Trinajstić information content (AvgIpc) is 3.42. The van der Waals surface area contributed by atoms with Gasteiger partial charge in [-0.1, -0.05) is 39.2 Å². The number of hydrogen-bond donors (Lipinski definition) is 1. The van der Waals surface area contributed by atoms with Crippen LogP contribution in [0.1, 0.15) is 97.0 Å². The lowest BCUT2D eigenvalue weighted by Gasteiger charge is -2.60. The van der Waals surface area contributed by atoms with Crippen molar-refractivity contribution in [2.45, 2.75) is 104 Å². The molecule has 4 saturated carbocycles. The van der Waals surface area contributed by atoms with Crippen LogP contribution < -0.4 is 0 Å². The molecular weight excluding hydrogens is 418 g/mol. The highest BCUT2D eigenvalue weighted by molar-refractivity contribution is 5.22. The fourth-order valence-electron chi connectivity index (χ4n) is 10.0. The van der Waals surface area contributed by atoms with Crippen molar-refractivity contribution in [1.29, 1.82) is 5.26 Å². The van der Waals surface area contributed by atoms with E-state index in [0.29, 0.717) is 17.5 Å². The molecule has 4 aliphatic rings. The minimum absolute atomic E-state index is 0.198. The normalized spacial score (nSPS) is 43.1. The van der Waals surface area contributed by atoms with E-state index >= 15 is 0 Å². The topological polar surface area (TPSA) is 61.8 Å². The summed E-state index contributed by atoms with van der Waals surface area (Å²) in [7, 11) is 0. The molecule has 186 valence electrons. The van der Waals surface area contributed by atoms with Gasteiger partial charge in [0, 0.05) is 6.20 Å². The van der Waals surface area contributed by atoms with Crippen molar-refractivity contribution in [3.05, 3.63) is 30.6 Å². The van der Waals surface area contributed by atoms with Crippen molar-refractivity contribution < 1.29 is 5.11 Å². The minimum atomic E-state index is -0.813. The molecule has 9 atom stereocenters. The molecule has 34 heavy (non-hydrogen) atoms. The van der Waals surface area contributed by atoms with Crippen molar-refractivity contribution >= 4 is 0 Å². The Hall–Kier alpha value is -1.60. The van der Waals surface area contributed by atoms with E-state index in [4.69, 9.17) is 5.26 Å². The SMILES string of the molecule is C=C[C@]12CC[C@@H]3C(CC[C@@]4(C)C3CC[C@@H]4[C@@](C)(O)Cn3cc(C#N)cn3)[C@H]1CC[C@H](CCC)C2. The Kier molecular flexibility index (Phi) is 6.25. The van der Waals surface area contributed by atoms with E-state index in [1.54, 1.807) is 17.1 Å². The van der Waals surface area contributed by atoms with Gasteiger partial charge in [0.05, 0.1) is 23.9 Å². The van der Waals surface area contributed by atoms with Crippen LogP contribution in [0.5, 0.6) is 0 Å². The molecule has 0 amide bonds. The number of allylic oxidation sites excluding steroid dienone is 1. The monoisotopic (exact) mass is 463 g/mol. The van der Waals surface area contributed by atoms with Crippen molar-refractivity contribution in [1.82, 2.24) is 9.78 Å². The molecule has 1 heterocycles. The summed E-state index contributed by atoms with van der Waals surface area (Å²) in [5.41, 5.74) is 0.333. The van der Waals surface area contributed by atoms with Gasteiger partial charge in [0.15, 0.2) is 0 Å². The number of hydrogen-bond acceptors (Lipinski definition) is 3. The Bertz CT molecular complexity index is 943. The second-order valence-corrected chi connectivity index (χ2v) is 13.0. The maximum Gasteiger partial charge on any atom is 0.102 e. The van der Waals surface area contributed by atoms with Gasteiger partial charge in [0.25, 0.3) is 0 Å². The summed E-state index contributed by atoms with van der Waals surface area (Å²) in [6.07, 6.45) is 20.3. The summed E-state index contributed by atoms with van der Waals surface area (Å²) in [6.45, 7) is 11.7. The largest absolute Gasteiger partial charge is 0.388 e. The lowest BCUT2D eigenvalue weighted by atomic mass is 9.44. The van der Waals surface area contributed by atoms with E-state index in [0.717, 1.165) is 36.0 Å². The van der Waals surface area contributed by atoms with Crippen LogP contribution in [-0.2, 0) is 6.54 Å². The van der Waals surface area contributed by atoms with Crippen LogP contribution in [0.3, 0.4) is 0 Å². The number of fused-ring (bicyclic) bond motifs is 5. The highest BCUT2D eigenvalue weighted by atomic mass is 16.3. The molecule has 0 bridgehead atoms. The molecule has 0 aliphatic heterocycles. The summed E-state index contributed by atoms with van der Waals surface area (Å²) in [4.78, 5) is 0. The van der Waals surface area contributed by atoms with Crippen LogP contribution in [0.25, 0.3) is 0 Å². The Labute approximate surface area is 206 Å². The molecule has 1 N–H and O–H groups in total. The first kappa shape index (κ1) is 24.1. The number of nitriles is 1. The van der Waals surface area contributed by atoms with Crippen molar-refractivity contribution in [3.63, 3.8) is 0 Å². The Morgan fingerprint density at radius 2 is 1.94 bits per heavy atom. The van der Waals surface area contributed by atoms with Crippen LogP contribution in [0.15, 0.2) is 25.0 Å². The highest BCUT2D eigenvalue weighted by Gasteiger charge is 2.61. The first-order valence-electron chi connectivity index (χ1n) is 14.0. The molecule has 4 fully saturated rings. The second-order valence-electron chi connectivity index (χ2n) is 13.0. The summed E-state index contributed by atoms with van der Waals surface area (Å²) in [5, 5.41) is 25.2. The van der Waals surface area contributed by atoms with E-state index in [1.807, 2.05) is 6.92 Å². The third-order valence-electron chi connectivity index (χ3n) is 11.3. The first-order valence-corrected chi connectivity index (χ1v) is 14.0. The van der Waals surface area contributed by atoms with Gasteiger partial charge < -0.3 is 5.11 Å². The van der Waals surface area contributed by atoms with Crippen LogP contribution in [-0.4, -0.2) is 20.5 Å². The number of aromatic nitrogens is 2. The molecule has 4 nitrogen and oxygen atoms in total. The Balaban J connectivity index is 1.34. The van der Waals surface area contributed by atoms with Crippen LogP contribution in [0.2, 0.25) is 0 Å². The fraction of sp³-hybridized carbons (Fsp3) is 0.800. The van der Waals surface area contributed by atoms with Crippen LogP contribution >= 0.6 is 0 Å². The minimum Gasteiger partial charge on any atom is -0.388 e. The predicted molar refractivity (Wildman–Crippen MR) is 136 cm³/mol. The molecule has 1 aromatic rings. The number of nitrogens with zero attached hydrogens (tertiary/aromatic N) is 3. The van der Waals surface area contributed by atoms with Gasteiger partial charge >= 0.3 is 0 Å². The number of rotatable bonds is 6. The van der Waals surface area contributed by atoms with Gasteiger partial charge in [0.2, 0.25) is 0 Å². The second kappa shape index (κ2) is 8.81. The lowest BCUT2D eigenvalue weighted by Crippen LogP contribution is -2.54. The smallest absolute Gasteiger partial charge is 0.102 e. The third-order valence-corrected chi connectivity index (χ3v) is 11.3. The van der Waals surface area contributed by atoms with Gasteiger partial charge in [-0.2, -0.15) is 10.4 Å². The fourth-order valence-corrected chi connectivity index (χ4v) is 10.0. The maximum absolute atomic E-state index is 11.7. The molecule has 1 aromatic heterocycles. The molecule has 0 spiro atoms. The van der Waals surface area contributed by atoms with Gasteiger partial charge in [-0.25, -0.2) is 0 Å². The van der Waals surface area contributed by atoms with E-state index in [2.05, 4.69) is 37.7 Å². The van der Waals surface area contributed by atoms with Crippen LogP contribution in [0.4, 0.5) is 0 Å². The molecule has 0 radical (unpaired) electrons. The zero-order valence-electron chi connectivity index (χ0n) is 21.7. The molecule has 4 aliphatic carbocycles. The van der Waals surface area contributed by atoms with E-state index < -0.39 is 5.60 Å². The molecule has 0 saturated heterocycles. The molecule has 2 unspecified atom stereocenters. The zero-order valence-corrected chi connectivity index (χ0v) is 21.7. The molecule has 0 aromatic carbocycles. The first-order chi connectivity index (χ1) is 16.3. The third kappa shape index (κ3) is 3.78. The quantitative estimate of drug-likeness (QED) is 0.475. The molecule has 5 rings (SSSR count). The lowest BCUT2D eigenvalue weighted by molar-refractivity contribution is -0.126. The average molecular weight is 464 g/mol. The Morgan fingerprint density at radius 1 is 1.21 bits per heavy atom. The van der Waals surface area contributed by atoms with Gasteiger partial charge in [-0.15, -0.1) is 6.58 Å². The summed E-state index contributed by atoms with van der Waals surface area (Å²) < 4.78 is 1.77. The highest BCUT2D eigenvalue weighted by Crippen LogP contribution is 2.68. The molecular formula is C30H45N3O. The van der Waals surface area contributed by atoms with E-state index in [9.17, 15) is 5.11 Å². The summed E-state index contributed by atoms with van der Waals surface area (Å²) in [5.74, 6) is 4.41. The van der Waals surface area contributed by atoms with Gasteiger partial charge in [-0.3, -0.25) is 4.68 Å². The van der Waals surface area contributed by atoms with E-state index in [1.165, 1.54) is 64.2 Å². The van der Waals surface area contributed by atoms with Crippen molar-refractivity contribution in [3.8, 4) is 6.07 Å². The summed E-state index contributed by atoms with van der Waals surface area (Å²) in [6, 6.07) is 2.15. The van der Waals surface area contributed by atoms with Crippen molar-refractivity contribution in [2.75, 3.05) is 0 Å². The zero-order chi connectivity index (χ0) is 24.1. The number of aliphatic hydroxyl groups is 1. The van der Waals surface area contributed by atoms with Gasteiger partial charge in [0.1, 0.15) is 6.07 Å². The Morgan fingerprint density at radius 3 is 2.65 bits per heavy atom. The van der Waals surface area contributed by atoms with Crippen LogP contribution in [0, 0.1) is 57.7 Å². The molecule has 4 heteroatoms. The predicted octanol–water partition coefficient (Wildman–Crippen LogP) is 6.75. The standard InChI is InChI=1S/C30H45N3O/c1-5-7-21-8-9-26-24-12-14-28(3)25(23(24)13-15-30(26,6-2)16-21)10-11-27(28)29(4,34)20-33-19-22(17-31)18-32-33/h6,18-19,21,23-27,34H,2,5,7-16,20H2,1,3-4H3/t21-,23+,24?,25?,26+,27-,28-,29-,30+/m0/s1. The van der Waals surface area contributed by atoms with Gasteiger partial charge in [-0.05, 0) is 105 Å². The summed E-state index contributed by atoms with van der Waals surface area (Å²) >= 11 is 0.